The average Bonchev–Trinajstić information content (AvgIpc) is 2.73. The van der Waals surface area contributed by atoms with Crippen LogP contribution in [0.25, 0.3) is 0 Å². The number of hydrogen-bond donors (Lipinski definition) is 2. The van der Waals surface area contributed by atoms with Crippen LogP contribution in [-0.4, -0.2) is 25.4 Å². The molecule has 0 aromatic heterocycles. The molecular weight excluding hydrogens is 338 g/mol. The molecular formula is C23H25NO3. The van der Waals surface area contributed by atoms with E-state index in [0.717, 1.165) is 5.56 Å². The van der Waals surface area contributed by atoms with Crippen molar-refractivity contribution in [1.29, 1.82) is 0 Å². The fourth-order valence-corrected chi connectivity index (χ4v) is 3.48. The van der Waals surface area contributed by atoms with Crippen molar-refractivity contribution >= 4 is 0 Å². The van der Waals surface area contributed by atoms with Gasteiger partial charge in [-0.15, -0.1) is 0 Å². The van der Waals surface area contributed by atoms with E-state index in [0.29, 0.717) is 29.0 Å². The van der Waals surface area contributed by atoms with Crippen LogP contribution in [0.5, 0.6) is 11.5 Å². The van der Waals surface area contributed by atoms with Gasteiger partial charge < -0.3 is 20.3 Å². The van der Waals surface area contributed by atoms with Crippen LogP contribution in [0, 0.1) is 0 Å². The van der Waals surface area contributed by atoms with Crippen LogP contribution in [0.3, 0.4) is 0 Å². The molecule has 0 unspecified atom stereocenters. The zero-order chi connectivity index (χ0) is 19.3. The van der Waals surface area contributed by atoms with Crippen LogP contribution in [0.1, 0.15) is 16.7 Å². The molecule has 1 atom stereocenters. The molecule has 0 saturated heterocycles. The van der Waals surface area contributed by atoms with Crippen molar-refractivity contribution in [1.82, 2.24) is 0 Å². The van der Waals surface area contributed by atoms with Gasteiger partial charge in [-0.3, -0.25) is 0 Å². The molecule has 4 heteroatoms. The fraction of sp³-hybridized carbons (Fsp3) is 0.217. The molecule has 4 nitrogen and oxygen atoms in total. The Labute approximate surface area is 160 Å². The summed E-state index contributed by atoms with van der Waals surface area (Å²) in [4.78, 5) is 0. The molecule has 140 valence electrons. The highest BCUT2D eigenvalue weighted by Gasteiger charge is 2.42. The Hall–Kier alpha value is -2.82. The Morgan fingerprint density at radius 3 is 1.70 bits per heavy atom. The van der Waals surface area contributed by atoms with Crippen LogP contribution in [0.15, 0.2) is 78.9 Å². The summed E-state index contributed by atoms with van der Waals surface area (Å²) < 4.78 is 11.1. The Morgan fingerprint density at radius 1 is 0.778 bits per heavy atom. The molecule has 3 N–H and O–H groups in total. The maximum Gasteiger partial charge on any atom is 0.137 e. The summed E-state index contributed by atoms with van der Waals surface area (Å²) >= 11 is 0. The van der Waals surface area contributed by atoms with Gasteiger partial charge in [-0.25, -0.2) is 0 Å². The highest BCUT2D eigenvalue weighted by atomic mass is 16.5. The van der Waals surface area contributed by atoms with Crippen LogP contribution in [0.4, 0.5) is 0 Å². The molecule has 3 aromatic carbocycles. The fourth-order valence-electron chi connectivity index (χ4n) is 3.48. The van der Waals surface area contributed by atoms with Gasteiger partial charge in [0.1, 0.15) is 17.1 Å². The molecule has 3 rings (SSSR count). The number of rotatable bonds is 7. The first-order valence-electron chi connectivity index (χ1n) is 8.90. The topological polar surface area (TPSA) is 64.7 Å². The van der Waals surface area contributed by atoms with E-state index in [9.17, 15) is 5.11 Å². The molecule has 0 radical (unpaired) electrons. The number of hydrogen-bond acceptors (Lipinski definition) is 4. The first kappa shape index (κ1) is 19.0. The quantitative estimate of drug-likeness (QED) is 0.674. The van der Waals surface area contributed by atoms with Crippen molar-refractivity contribution in [2.75, 3.05) is 14.2 Å². The zero-order valence-corrected chi connectivity index (χ0v) is 15.6. The van der Waals surface area contributed by atoms with Crippen molar-refractivity contribution in [3.8, 4) is 11.5 Å². The third-order valence-electron chi connectivity index (χ3n) is 4.87. The van der Waals surface area contributed by atoms with Gasteiger partial charge in [0.25, 0.3) is 0 Å². The second kappa shape index (κ2) is 8.25. The lowest BCUT2D eigenvalue weighted by Crippen LogP contribution is -2.48. The molecule has 3 aromatic rings. The minimum absolute atomic E-state index is 0.493. The predicted octanol–water partition coefficient (Wildman–Crippen LogP) is 3.51. The van der Waals surface area contributed by atoms with Crippen LogP contribution in [-0.2, 0) is 12.0 Å². The second-order valence-electron chi connectivity index (χ2n) is 6.46. The van der Waals surface area contributed by atoms with E-state index in [1.807, 2.05) is 78.9 Å². The van der Waals surface area contributed by atoms with Crippen molar-refractivity contribution < 1.29 is 14.6 Å². The van der Waals surface area contributed by atoms with E-state index in [1.165, 1.54) is 0 Å². The van der Waals surface area contributed by atoms with E-state index in [2.05, 4.69) is 0 Å². The van der Waals surface area contributed by atoms with E-state index >= 15 is 0 Å². The molecule has 0 bridgehead atoms. The van der Waals surface area contributed by atoms with Gasteiger partial charge in [-0.1, -0.05) is 66.7 Å². The normalized spacial score (nSPS) is 12.4. The van der Waals surface area contributed by atoms with Gasteiger partial charge in [-0.05, 0) is 24.1 Å². The van der Waals surface area contributed by atoms with Crippen LogP contribution >= 0.6 is 0 Å². The molecule has 0 spiro atoms. The first-order chi connectivity index (χ1) is 13.1. The first-order valence-corrected chi connectivity index (χ1v) is 8.90. The van der Waals surface area contributed by atoms with Crippen molar-refractivity contribution in [2.45, 2.75) is 18.1 Å². The molecule has 27 heavy (non-hydrogen) atoms. The molecule has 0 saturated carbocycles. The largest absolute Gasteiger partial charge is 0.496 e. The van der Waals surface area contributed by atoms with E-state index in [-0.39, 0.29) is 0 Å². The van der Waals surface area contributed by atoms with E-state index in [4.69, 9.17) is 15.2 Å². The van der Waals surface area contributed by atoms with Gasteiger partial charge in [-0.2, -0.15) is 0 Å². The summed E-state index contributed by atoms with van der Waals surface area (Å²) in [5.41, 5.74) is 7.42. The van der Waals surface area contributed by atoms with Gasteiger partial charge >= 0.3 is 0 Å². The summed E-state index contributed by atoms with van der Waals surface area (Å²) in [6.45, 7) is 0. The van der Waals surface area contributed by atoms with Crippen LogP contribution in [0.2, 0.25) is 0 Å². The molecule has 0 amide bonds. The van der Waals surface area contributed by atoms with Crippen LogP contribution < -0.4 is 15.2 Å². The maximum atomic E-state index is 12.0. The molecule has 0 aliphatic rings. The Balaban J connectivity index is 2.17. The molecule has 0 fully saturated rings. The summed E-state index contributed by atoms with van der Waals surface area (Å²) in [5, 5.41) is 12.0. The average molecular weight is 363 g/mol. The summed E-state index contributed by atoms with van der Waals surface area (Å²) in [6.07, 6.45) is 0.493. The smallest absolute Gasteiger partial charge is 0.137 e. The molecule has 0 heterocycles. The van der Waals surface area contributed by atoms with E-state index < -0.39 is 11.6 Å². The summed E-state index contributed by atoms with van der Waals surface area (Å²) in [7, 11) is 3.17. The van der Waals surface area contributed by atoms with Crippen molar-refractivity contribution in [3.63, 3.8) is 0 Å². The lowest BCUT2D eigenvalue weighted by molar-refractivity contribution is 0.0467. The van der Waals surface area contributed by atoms with Gasteiger partial charge in [0.05, 0.1) is 14.2 Å². The van der Waals surface area contributed by atoms with Gasteiger partial charge in [0.15, 0.2) is 0 Å². The van der Waals surface area contributed by atoms with Gasteiger partial charge in [0, 0.05) is 17.2 Å². The van der Waals surface area contributed by atoms with Crippen molar-refractivity contribution in [3.05, 3.63) is 95.6 Å². The SMILES string of the molecule is COc1ccccc1C(O)(c1ccccc1OC)[C@H](N)Cc1ccccc1. The second-order valence-corrected chi connectivity index (χ2v) is 6.46. The molecule has 0 aliphatic heterocycles. The Morgan fingerprint density at radius 2 is 1.22 bits per heavy atom. The Kier molecular flexibility index (Phi) is 5.79. The Bertz CT molecular complexity index is 832. The minimum atomic E-state index is -1.49. The standard InChI is InChI=1S/C23H25NO3/c1-26-20-14-8-6-12-18(20)23(25,19-13-7-9-15-21(19)27-2)22(24)16-17-10-4-3-5-11-17/h3-15,22,25H,16,24H2,1-2H3/t22-/m1/s1. The maximum absolute atomic E-state index is 12.0. The lowest BCUT2D eigenvalue weighted by Gasteiger charge is -2.37. The third kappa shape index (κ3) is 3.68. The number of aliphatic hydroxyl groups is 1. The van der Waals surface area contributed by atoms with Gasteiger partial charge in [0.2, 0.25) is 0 Å². The number of nitrogens with two attached hydrogens (primary N) is 1. The lowest BCUT2D eigenvalue weighted by atomic mass is 9.77. The monoisotopic (exact) mass is 363 g/mol. The summed E-state index contributed by atoms with van der Waals surface area (Å²) in [5.74, 6) is 1.16. The summed E-state index contributed by atoms with van der Waals surface area (Å²) in [6, 6.07) is 24.1. The predicted molar refractivity (Wildman–Crippen MR) is 107 cm³/mol. The third-order valence-corrected chi connectivity index (χ3v) is 4.87. The number of methoxy groups -OCH3 is 2. The number of benzene rings is 3. The number of para-hydroxylation sites is 2. The highest BCUT2D eigenvalue weighted by Crippen LogP contribution is 2.42. The molecule has 0 aliphatic carbocycles. The zero-order valence-electron chi connectivity index (χ0n) is 15.6. The highest BCUT2D eigenvalue weighted by molar-refractivity contribution is 5.51. The van der Waals surface area contributed by atoms with Crippen molar-refractivity contribution in [2.24, 2.45) is 5.73 Å². The minimum Gasteiger partial charge on any atom is -0.496 e. The number of ether oxygens (including phenoxy) is 2. The van der Waals surface area contributed by atoms with E-state index in [1.54, 1.807) is 14.2 Å².